The summed E-state index contributed by atoms with van der Waals surface area (Å²) in [5, 5.41) is 2.17. The minimum atomic E-state index is -0.853. The molecule has 0 radical (unpaired) electrons. The molecule has 0 aromatic heterocycles. The molecule has 1 rings (SSSR count). The van der Waals surface area contributed by atoms with Crippen molar-refractivity contribution in [1.82, 2.24) is 5.32 Å². The Morgan fingerprint density at radius 1 is 1.55 bits per heavy atom. The van der Waals surface area contributed by atoms with Gasteiger partial charge >= 0.3 is 0 Å². The molecule has 3 N–H and O–H groups in total. The second kappa shape index (κ2) is 3.19. The van der Waals surface area contributed by atoms with E-state index in [2.05, 4.69) is 5.32 Å². The lowest BCUT2D eigenvalue weighted by Crippen LogP contribution is -2.57. The molecule has 0 unspecified atom stereocenters. The fraction of sp³-hybridized carbons (Fsp3) is 0.667. The van der Waals surface area contributed by atoms with Crippen molar-refractivity contribution in [3.05, 3.63) is 0 Å². The van der Waals surface area contributed by atoms with E-state index < -0.39 is 5.54 Å². The van der Waals surface area contributed by atoms with Crippen LogP contribution in [0.1, 0.15) is 19.8 Å². The standard InChI is InChI=1S/C6H10N2O2.ClH/c1-6(7)3-2-4(9)8-5(6)10;/h2-3,7H2,1H3,(H,8,9,10);1H/t6-;/m0./s1. The second-order valence-corrected chi connectivity index (χ2v) is 2.79. The van der Waals surface area contributed by atoms with Crippen molar-refractivity contribution < 1.29 is 9.59 Å². The number of nitrogens with one attached hydrogen (secondary N) is 1. The van der Waals surface area contributed by atoms with E-state index in [-0.39, 0.29) is 24.2 Å². The minimum Gasteiger partial charge on any atom is -0.318 e. The highest BCUT2D eigenvalue weighted by molar-refractivity contribution is 6.02. The zero-order valence-electron chi connectivity index (χ0n) is 6.22. The first-order valence-electron chi connectivity index (χ1n) is 3.15. The molecular formula is C6H11ClN2O2. The van der Waals surface area contributed by atoms with Gasteiger partial charge in [0, 0.05) is 6.42 Å². The molecule has 0 saturated carbocycles. The van der Waals surface area contributed by atoms with Gasteiger partial charge in [0.1, 0.15) is 0 Å². The minimum absolute atomic E-state index is 0. The molecule has 1 heterocycles. The van der Waals surface area contributed by atoms with Crippen molar-refractivity contribution in [3.63, 3.8) is 0 Å². The van der Waals surface area contributed by atoms with Crippen LogP contribution in [0, 0.1) is 0 Å². The fourth-order valence-corrected chi connectivity index (χ4v) is 0.819. The summed E-state index contributed by atoms with van der Waals surface area (Å²) in [4.78, 5) is 21.4. The number of hydrogen-bond acceptors (Lipinski definition) is 3. The number of imide groups is 1. The number of carbonyl (C=O) groups is 2. The highest BCUT2D eigenvalue weighted by Crippen LogP contribution is 2.12. The van der Waals surface area contributed by atoms with Crippen LogP contribution in [0.5, 0.6) is 0 Å². The van der Waals surface area contributed by atoms with Gasteiger partial charge in [0.2, 0.25) is 11.8 Å². The topological polar surface area (TPSA) is 72.2 Å². The number of nitrogens with two attached hydrogens (primary N) is 1. The molecule has 2 amide bonds. The SMILES string of the molecule is C[C@]1(N)CCC(=O)NC1=O.Cl. The summed E-state index contributed by atoms with van der Waals surface area (Å²) < 4.78 is 0. The summed E-state index contributed by atoms with van der Waals surface area (Å²) in [6.07, 6.45) is 0.788. The van der Waals surface area contributed by atoms with E-state index in [0.29, 0.717) is 12.8 Å². The Balaban J connectivity index is 0.000001000. The zero-order valence-corrected chi connectivity index (χ0v) is 7.03. The smallest absolute Gasteiger partial charge is 0.246 e. The average molecular weight is 179 g/mol. The number of halogens is 1. The molecule has 0 aromatic rings. The van der Waals surface area contributed by atoms with Gasteiger partial charge in [0.15, 0.2) is 0 Å². The molecule has 0 aromatic carbocycles. The molecule has 64 valence electrons. The van der Waals surface area contributed by atoms with Crippen LogP contribution in [0.3, 0.4) is 0 Å². The van der Waals surface area contributed by atoms with Crippen LogP contribution in [-0.2, 0) is 9.59 Å². The second-order valence-electron chi connectivity index (χ2n) is 2.79. The Morgan fingerprint density at radius 2 is 2.09 bits per heavy atom. The predicted molar refractivity (Wildman–Crippen MR) is 42.2 cm³/mol. The summed E-state index contributed by atoms with van der Waals surface area (Å²) >= 11 is 0. The summed E-state index contributed by atoms with van der Waals surface area (Å²) in [5.41, 5.74) is 4.67. The molecule has 1 fully saturated rings. The van der Waals surface area contributed by atoms with Gasteiger partial charge in [0.25, 0.3) is 0 Å². The number of carbonyl (C=O) groups excluding carboxylic acids is 2. The quantitative estimate of drug-likeness (QED) is 0.494. The van der Waals surface area contributed by atoms with Crippen LogP contribution in [0.2, 0.25) is 0 Å². The first-order valence-corrected chi connectivity index (χ1v) is 3.15. The van der Waals surface area contributed by atoms with E-state index >= 15 is 0 Å². The monoisotopic (exact) mass is 178 g/mol. The largest absolute Gasteiger partial charge is 0.318 e. The Labute approximate surface area is 70.9 Å². The molecule has 11 heavy (non-hydrogen) atoms. The van der Waals surface area contributed by atoms with Crippen molar-refractivity contribution >= 4 is 24.2 Å². The van der Waals surface area contributed by atoms with Gasteiger partial charge in [-0.15, -0.1) is 12.4 Å². The van der Waals surface area contributed by atoms with Crippen LogP contribution >= 0.6 is 12.4 Å². The maximum Gasteiger partial charge on any atom is 0.246 e. The van der Waals surface area contributed by atoms with Crippen LogP contribution < -0.4 is 11.1 Å². The third kappa shape index (κ3) is 2.17. The van der Waals surface area contributed by atoms with Crippen molar-refractivity contribution in [2.24, 2.45) is 5.73 Å². The molecular weight excluding hydrogens is 168 g/mol. The van der Waals surface area contributed by atoms with Crippen LogP contribution in [0.15, 0.2) is 0 Å². The molecule has 0 spiro atoms. The van der Waals surface area contributed by atoms with E-state index in [1.807, 2.05) is 0 Å². The molecule has 1 aliphatic rings. The Kier molecular flexibility index (Phi) is 3.02. The third-order valence-electron chi connectivity index (χ3n) is 1.64. The lowest BCUT2D eigenvalue weighted by atomic mass is 9.93. The van der Waals surface area contributed by atoms with Gasteiger partial charge in [-0.3, -0.25) is 14.9 Å². The number of amides is 2. The highest BCUT2D eigenvalue weighted by atomic mass is 35.5. The Hall–Kier alpha value is -0.610. The van der Waals surface area contributed by atoms with Gasteiger partial charge in [-0.25, -0.2) is 0 Å². The lowest BCUT2D eigenvalue weighted by molar-refractivity contribution is -0.137. The summed E-state index contributed by atoms with van der Waals surface area (Å²) in [6, 6.07) is 0. The van der Waals surface area contributed by atoms with E-state index in [4.69, 9.17) is 5.73 Å². The van der Waals surface area contributed by atoms with E-state index in [0.717, 1.165) is 0 Å². The molecule has 0 bridgehead atoms. The summed E-state index contributed by atoms with van der Waals surface area (Å²) in [7, 11) is 0. The molecule has 5 heteroatoms. The fourth-order valence-electron chi connectivity index (χ4n) is 0.819. The lowest BCUT2D eigenvalue weighted by Gasteiger charge is -2.26. The van der Waals surface area contributed by atoms with Crippen LogP contribution in [0.25, 0.3) is 0 Å². The molecule has 0 aliphatic carbocycles. The van der Waals surface area contributed by atoms with Gasteiger partial charge in [0.05, 0.1) is 5.54 Å². The van der Waals surface area contributed by atoms with E-state index in [9.17, 15) is 9.59 Å². The highest BCUT2D eigenvalue weighted by Gasteiger charge is 2.34. The first-order chi connectivity index (χ1) is 4.52. The van der Waals surface area contributed by atoms with E-state index in [1.54, 1.807) is 6.92 Å². The van der Waals surface area contributed by atoms with Crippen molar-refractivity contribution in [1.29, 1.82) is 0 Å². The number of rotatable bonds is 0. The first kappa shape index (κ1) is 10.4. The molecule has 1 saturated heterocycles. The van der Waals surface area contributed by atoms with Crippen LogP contribution in [0.4, 0.5) is 0 Å². The average Bonchev–Trinajstić information content (AvgIpc) is 1.81. The molecule has 1 atom stereocenters. The normalized spacial score (nSPS) is 30.7. The maximum absolute atomic E-state index is 10.9. The van der Waals surface area contributed by atoms with Gasteiger partial charge in [-0.2, -0.15) is 0 Å². The summed E-state index contributed by atoms with van der Waals surface area (Å²) in [6.45, 7) is 1.62. The van der Waals surface area contributed by atoms with E-state index in [1.165, 1.54) is 0 Å². The number of hydrogen-bond donors (Lipinski definition) is 2. The Morgan fingerprint density at radius 3 is 2.45 bits per heavy atom. The molecule has 4 nitrogen and oxygen atoms in total. The summed E-state index contributed by atoms with van der Waals surface area (Å²) in [5.74, 6) is -0.600. The van der Waals surface area contributed by atoms with Gasteiger partial charge in [-0.1, -0.05) is 0 Å². The van der Waals surface area contributed by atoms with Crippen LogP contribution in [-0.4, -0.2) is 17.4 Å². The number of piperidine rings is 1. The predicted octanol–water partition coefficient (Wildman–Crippen LogP) is -0.438. The maximum atomic E-state index is 10.9. The van der Waals surface area contributed by atoms with Gasteiger partial charge < -0.3 is 5.73 Å². The van der Waals surface area contributed by atoms with Crippen molar-refractivity contribution in [2.45, 2.75) is 25.3 Å². The van der Waals surface area contributed by atoms with Crippen molar-refractivity contribution in [3.8, 4) is 0 Å². The van der Waals surface area contributed by atoms with Crippen molar-refractivity contribution in [2.75, 3.05) is 0 Å². The molecule has 1 aliphatic heterocycles. The zero-order chi connectivity index (χ0) is 7.78. The Bertz CT molecular complexity index is 191. The third-order valence-corrected chi connectivity index (χ3v) is 1.64. The van der Waals surface area contributed by atoms with Gasteiger partial charge in [-0.05, 0) is 13.3 Å².